The zero-order chi connectivity index (χ0) is 14.0. The van der Waals surface area contributed by atoms with Crippen LogP contribution in [0.1, 0.15) is 10.4 Å². The number of carbonyl (C=O) groups excluding carboxylic acids is 1. The molecule has 0 saturated carbocycles. The molecule has 0 unspecified atom stereocenters. The van der Waals surface area contributed by atoms with E-state index in [1.54, 1.807) is 18.2 Å². The van der Waals surface area contributed by atoms with Crippen molar-refractivity contribution in [2.24, 2.45) is 0 Å². The van der Waals surface area contributed by atoms with Gasteiger partial charge in [0.05, 0.1) is 12.8 Å². The van der Waals surface area contributed by atoms with E-state index in [9.17, 15) is 9.18 Å². The van der Waals surface area contributed by atoms with Gasteiger partial charge in [0.25, 0.3) is 0 Å². The van der Waals surface area contributed by atoms with Crippen molar-refractivity contribution in [2.45, 2.75) is 0 Å². The van der Waals surface area contributed by atoms with E-state index in [-0.39, 0.29) is 5.56 Å². The average molecular weight is 300 g/mol. The molecule has 0 radical (unpaired) electrons. The van der Waals surface area contributed by atoms with Crippen LogP contribution in [-0.4, -0.2) is 18.1 Å². The third-order valence-corrected chi connectivity index (χ3v) is 2.85. The van der Waals surface area contributed by atoms with Crippen LogP contribution in [0, 0.1) is 5.95 Å². The molecule has 1 aromatic carbocycles. The summed E-state index contributed by atoms with van der Waals surface area (Å²) in [5.74, 6) is -1.68. The number of hydrogen-bond acceptors (Lipinski definition) is 3. The molecule has 19 heavy (non-hydrogen) atoms. The van der Waals surface area contributed by atoms with Crippen LogP contribution in [0.2, 0.25) is 10.0 Å². The van der Waals surface area contributed by atoms with Gasteiger partial charge in [-0.25, -0.2) is 9.78 Å². The highest BCUT2D eigenvalue weighted by Gasteiger charge is 2.14. The van der Waals surface area contributed by atoms with E-state index in [4.69, 9.17) is 23.2 Å². The standard InChI is InChI=1S/C13H8Cl2FNO2/c1-19-13(18)10-2-3-11(17-12(10)16)7-4-8(14)6-9(15)5-7/h2-6H,1H3. The molecule has 0 saturated heterocycles. The zero-order valence-electron chi connectivity index (χ0n) is 9.78. The molecule has 0 atom stereocenters. The second-order valence-electron chi connectivity index (χ2n) is 3.68. The normalized spacial score (nSPS) is 10.3. The van der Waals surface area contributed by atoms with Gasteiger partial charge in [-0.15, -0.1) is 0 Å². The SMILES string of the molecule is COC(=O)c1ccc(-c2cc(Cl)cc(Cl)c2)nc1F. The number of hydrogen-bond donors (Lipinski definition) is 0. The second-order valence-corrected chi connectivity index (χ2v) is 4.56. The van der Waals surface area contributed by atoms with Crippen molar-refractivity contribution < 1.29 is 13.9 Å². The Morgan fingerprint density at radius 1 is 1.21 bits per heavy atom. The number of ether oxygens (including phenoxy) is 1. The fourth-order valence-electron chi connectivity index (χ4n) is 1.56. The number of halogens is 3. The van der Waals surface area contributed by atoms with Gasteiger partial charge < -0.3 is 4.74 Å². The predicted octanol–water partition coefficient (Wildman–Crippen LogP) is 3.98. The summed E-state index contributed by atoms with van der Waals surface area (Å²) in [4.78, 5) is 15.0. The number of benzene rings is 1. The minimum absolute atomic E-state index is 0.223. The highest BCUT2D eigenvalue weighted by molar-refractivity contribution is 6.35. The molecule has 0 bridgehead atoms. The maximum atomic E-state index is 13.7. The summed E-state index contributed by atoms with van der Waals surface area (Å²) in [5.41, 5.74) is 0.668. The van der Waals surface area contributed by atoms with Crippen LogP contribution in [0.5, 0.6) is 0 Å². The van der Waals surface area contributed by atoms with Crippen LogP contribution in [0.15, 0.2) is 30.3 Å². The fraction of sp³-hybridized carbons (Fsp3) is 0.0769. The molecule has 0 aliphatic rings. The number of aromatic nitrogens is 1. The molecule has 6 heteroatoms. The van der Waals surface area contributed by atoms with Gasteiger partial charge in [0.15, 0.2) is 0 Å². The first-order valence-electron chi connectivity index (χ1n) is 5.22. The van der Waals surface area contributed by atoms with E-state index < -0.39 is 11.9 Å². The van der Waals surface area contributed by atoms with Crippen LogP contribution < -0.4 is 0 Å². The molecule has 98 valence electrons. The molecule has 2 aromatic rings. The van der Waals surface area contributed by atoms with Crippen molar-refractivity contribution in [1.29, 1.82) is 0 Å². The summed E-state index contributed by atoms with van der Waals surface area (Å²) in [5, 5.41) is 0.837. The van der Waals surface area contributed by atoms with Crippen LogP contribution >= 0.6 is 23.2 Å². The molecule has 1 heterocycles. The summed E-state index contributed by atoms with van der Waals surface area (Å²) in [6.07, 6.45) is 0. The first-order valence-corrected chi connectivity index (χ1v) is 5.98. The lowest BCUT2D eigenvalue weighted by atomic mass is 10.1. The van der Waals surface area contributed by atoms with Gasteiger partial charge in [-0.2, -0.15) is 4.39 Å². The Labute approximate surface area is 118 Å². The molecule has 3 nitrogen and oxygen atoms in total. The van der Waals surface area contributed by atoms with Crippen LogP contribution in [0.3, 0.4) is 0 Å². The maximum absolute atomic E-state index is 13.7. The van der Waals surface area contributed by atoms with E-state index in [0.717, 1.165) is 0 Å². The molecule has 0 aliphatic heterocycles. The lowest BCUT2D eigenvalue weighted by Gasteiger charge is -2.05. The first-order chi connectivity index (χ1) is 9.01. The molecule has 1 aromatic heterocycles. The van der Waals surface area contributed by atoms with Gasteiger partial charge in [-0.1, -0.05) is 23.2 Å². The number of esters is 1. The number of carbonyl (C=O) groups is 1. The highest BCUT2D eigenvalue weighted by Crippen LogP contribution is 2.26. The van der Waals surface area contributed by atoms with E-state index in [0.29, 0.717) is 21.3 Å². The van der Waals surface area contributed by atoms with Crippen molar-refractivity contribution in [3.05, 3.63) is 51.9 Å². The Hall–Kier alpha value is -1.65. The fourth-order valence-corrected chi connectivity index (χ4v) is 2.09. The van der Waals surface area contributed by atoms with Gasteiger partial charge in [-0.05, 0) is 30.3 Å². The Morgan fingerprint density at radius 3 is 2.37 bits per heavy atom. The van der Waals surface area contributed by atoms with E-state index in [1.807, 2.05) is 0 Å². The zero-order valence-corrected chi connectivity index (χ0v) is 11.3. The van der Waals surface area contributed by atoms with Crippen molar-refractivity contribution in [3.8, 4) is 11.3 Å². The summed E-state index contributed by atoms with van der Waals surface area (Å²) in [6, 6.07) is 7.57. The van der Waals surface area contributed by atoms with Gasteiger partial charge in [0, 0.05) is 15.6 Å². The summed E-state index contributed by atoms with van der Waals surface area (Å²) < 4.78 is 18.1. The van der Waals surface area contributed by atoms with Crippen LogP contribution in [0.25, 0.3) is 11.3 Å². The lowest BCUT2D eigenvalue weighted by molar-refractivity contribution is 0.0594. The molecule has 0 aliphatic carbocycles. The van der Waals surface area contributed by atoms with Gasteiger partial charge >= 0.3 is 5.97 Å². The van der Waals surface area contributed by atoms with Crippen molar-refractivity contribution in [2.75, 3.05) is 7.11 Å². The minimum Gasteiger partial charge on any atom is -0.465 e. The smallest absolute Gasteiger partial charge is 0.342 e. The van der Waals surface area contributed by atoms with Crippen molar-refractivity contribution in [3.63, 3.8) is 0 Å². The average Bonchev–Trinajstić information content (AvgIpc) is 2.36. The Bertz CT molecular complexity index is 626. The summed E-state index contributed by atoms with van der Waals surface area (Å²) in [7, 11) is 1.17. The van der Waals surface area contributed by atoms with Crippen LogP contribution in [-0.2, 0) is 4.74 Å². The topological polar surface area (TPSA) is 39.2 Å². The Balaban J connectivity index is 2.47. The molecule has 0 spiro atoms. The Kier molecular flexibility index (Phi) is 4.02. The monoisotopic (exact) mass is 299 g/mol. The van der Waals surface area contributed by atoms with E-state index in [2.05, 4.69) is 9.72 Å². The molecule has 2 rings (SSSR count). The second kappa shape index (κ2) is 5.55. The largest absolute Gasteiger partial charge is 0.465 e. The number of pyridine rings is 1. The summed E-state index contributed by atoms with van der Waals surface area (Å²) in [6.45, 7) is 0. The third kappa shape index (κ3) is 3.03. The molecular formula is C13H8Cl2FNO2. The van der Waals surface area contributed by atoms with Gasteiger partial charge in [0.1, 0.15) is 5.56 Å². The van der Waals surface area contributed by atoms with E-state index in [1.165, 1.54) is 19.2 Å². The number of nitrogens with zero attached hydrogens (tertiary/aromatic N) is 1. The lowest BCUT2D eigenvalue weighted by Crippen LogP contribution is -2.06. The molecule has 0 fully saturated rings. The quantitative estimate of drug-likeness (QED) is 0.622. The maximum Gasteiger partial charge on any atom is 0.342 e. The number of rotatable bonds is 2. The van der Waals surface area contributed by atoms with Crippen LogP contribution in [0.4, 0.5) is 4.39 Å². The molecular weight excluding hydrogens is 292 g/mol. The number of methoxy groups -OCH3 is 1. The van der Waals surface area contributed by atoms with E-state index >= 15 is 0 Å². The van der Waals surface area contributed by atoms with Crippen molar-refractivity contribution >= 4 is 29.2 Å². The molecule has 0 amide bonds. The first kappa shape index (κ1) is 13.8. The Morgan fingerprint density at radius 2 is 1.84 bits per heavy atom. The minimum atomic E-state index is -0.902. The van der Waals surface area contributed by atoms with Gasteiger partial charge in [-0.3, -0.25) is 0 Å². The molecule has 0 N–H and O–H groups in total. The van der Waals surface area contributed by atoms with Crippen molar-refractivity contribution in [1.82, 2.24) is 4.98 Å². The third-order valence-electron chi connectivity index (χ3n) is 2.41. The summed E-state index contributed by atoms with van der Waals surface area (Å²) >= 11 is 11.7. The highest BCUT2D eigenvalue weighted by atomic mass is 35.5. The van der Waals surface area contributed by atoms with Gasteiger partial charge in [0.2, 0.25) is 5.95 Å². The predicted molar refractivity (Wildman–Crippen MR) is 71.0 cm³/mol.